The Morgan fingerprint density at radius 3 is 2.69 bits per heavy atom. The summed E-state index contributed by atoms with van der Waals surface area (Å²) in [5, 5.41) is 19.3. The zero-order chi connectivity index (χ0) is 25.4. The highest BCUT2D eigenvalue weighted by atomic mass is 35.5. The molecule has 0 saturated carbocycles. The molecule has 2 aliphatic rings. The summed E-state index contributed by atoms with van der Waals surface area (Å²) >= 11 is 6.25. The van der Waals surface area contributed by atoms with E-state index in [1.165, 1.54) is 6.07 Å². The molecule has 4 N–H and O–H groups in total. The van der Waals surface area contributed by atoms with Gasteiger partial charge in [-0.3, -0.25) is 9.48 Å². The van der Waals surface area contributed by atoms with Crippen LogP contribution in [0.15, 0.2) is 24.3 Å². The first kappa shape index (κ1) is 23.4. The van der Waals surface area contributed by atoms with Crippen LogP contribution in [-0.4, -0.2) is 50.5 Å². The lowest BCUT2D eigenvalue weighted by Gasteiger charge is -2.39. The van der Waals surface area contributed by atoms with Crippen LogP contribution in [0.5, 0.6) is 0 Å². The topological polar surface area (TPSA) is 123 Å². The van der Waals surface area contributed by atoms with Crippen molar-refractivity contribution in [2.24, 2.45) is 7.05 Å². The second kappa shape index (κ2) is 7.56. The molecular weight excluding hydrogens is 477 g/mol. The Bertz CT molecular complexity index is 1410. The molecule has 0 spiro atoms. The van der Waals surface area contributed by atoms with E-state index in [0.29, 0.717) is 24.0 Å². The van der Waals surface area contributed by atoms with Crippen LogP contribution < -0.4 is 11.1 Å². The lowest BCUT2D eigenvalue weighted by atomic mass is 9.89. The Balaban J connectivity index is 1.56. The molecule has 9 nitrogen and oxygen atoms in total. The standard InChI is InChI=1S/C24H25ClFN5O4/c1-23(2,3)35-22(33)31-9-11(10-31)20-13-8-16(27)18-17(19(13)29-30(20)4)21(32)28-24(18,34)14-7-12(26)5-6-15(14)25/h5-8,11,34H,9-10,27H2,1-4H3,(H,28,32). The maximum Gasteiger partial charge on any atom is 0.410 e. The molecule has 0 aliphatic carbocycles. The molecule has 35 heavy (non-hydrogen) atoms. The minimum absolute atomic E-state index is 0.0273. The van der Waals surface area contributed by atoms with E-state index in [0.717, 1.165) is 17.8 Å². The van der Waals surface area contributed by atoms with E-state index in [1.807, 2.05) is 20.8 Å². The van der Waals surface area contributed by atoms with Crippen LogP contribution in [0.4, 0.5) is 14.9 Å². The second-order valence-electron chi connectivity index (χ2n) is 9.99. The van der Waals surface area contributed by atoms with Crippen molar-refractivity contribution in [3.8, 4) is 0 Å². The smallest absolute Gasteiger partial charge is 0.410 e. The maximum atomic E-state index is 14.0. The number of hydrogen-bond donors (Lipinski definition) is 3. The molecule has 2 aliphatic heterocycles. The number of anilines is 1. The summed E-state index contributed by atoms with van der Waals surface area (Å²) in [6, 6.07) is 5.16. The number of nitrogens with zero attached hydrogens (tertiary/aromatic N) is 3. The number of fused-ring (bicyclic) bond motifs is 3. The van der Waals surface area contributed by atoms with Gasteiger partial charge in [0.25, 0.3) is 5.91 Å². The summed E-state index contributed by atoms with van der Waals surface area (Å²) in [7, 11) is 1.75. The molecule has 1 atom stereocenters. The number of carbonyl (C=O) groups excluding carboxylic acids is 2. The van der Waals surface area contributed by atoms with Crippen molar-refractivity contribution >= 4 is 40.2 Å². The van der Waals surface area contributed by atoms with Crippen molar-refractivity contribution in [1.82, 2.24) is 20.0 Å². The van der Waals surface area contributed by atoms with Gasteiger partial charge in [0.05, 0.1) is 11.3 Å². The van der Waals surface area contributed by atoms with Crippen LogP contribution in [0.2, 0.25) is 5.02 Å². The molecule has 0 bridgehead atoms. The largest absolute Gasteiger partial charge is 0.444 e. The molecule has 1 saturated heterocycles. The van der Waals surface area contributed by atoms with Gasteiger partial charge in [0, 0.05) is 53.3 Å². The van der Waals surface area contributed by atoms with E-state index in [2.05, 4.69) is 10.4 Å². The molecule has 11 heteroatoms. The molecule has 2 amide bonds. The number of benzene rings is 2. The highest BCUT2D eigenvalue weighted by Crippen LogP contribution is 2.45. The lowest BCUT2D eigenvalue weighted by molar-refractivity contribution is 0.00764. The van der Waals surface area contributed by atoms with Gasteiger partial charge in [-0.2, -0.15) is 5.10 Å². The number of carbonyl (C=O) groups is 2. The molecule has 0 radical (unpaired) electrons. The molecule has 1 unspecified atom stereocenters. The molecule has 1 aromatic heterocycles. The number of ether oxygens (including phenoxy) is 1. The van der Waals surface area contributed by atoms with Gasteiger partial charge >= 0.3 is 6.09 Å². The molecular formula is C24H25ClFN5O4. The van der Waals surface area contributed by atoms with Gasteiger partial charge in [-0.25, -0.2) is 9.18 Å². The highest BCUT2D eigenvalue weighted by Gasteiger charge is 2.48. The fourth-order valence-corrected chi connectivity index (χ4v) is 5.11. The first-order valence-electron chi connectivity index (χ1n) is 11.1. The van der Waals surface area contributed by atoms with Gasteiger partial charge in [-0.05, 0) is 45.0 Å². The van der Waals surface area contributed by atoms with Crippen molar-refractivity contribution in [3.05, 3.63) is 57.5 Å². The zero-order valence-electron chi connectivity index (χ0n) is 19.6. The van der Waals surface area contributed by atoms with Gasteiger partial charge in [0.2, 0.25) is 0 Å². The Labute approximate surface area is 205 Å². The van der Waals surface area contributed by atoms with Crippen LogP contribution in [0, 0.1) is 5.82 Å². The number of nitrogen functional groups attached to an aromatic ring is 1. The number of hydrogen-bond acceptors (Lipinski definition) is 6. The SMILES string of the molecule is Cn1nc2c3c(c(N)cc2c1C1CN(C(=O)OC(C)(C)C)C1)C(O)(c1cc(F)ccc1Cl)NC3=O. The minimum Gasteiger partial charge on any atom is -0.444 e. The molecule has 5 rings (SSSR count). The van der Waals surface area contributed by atoms with Crippen LogP contribution >= 0.6 is 11.6 Å². The van der Waals surface area contributed by atoms with E-state index in [-0.39, 0.29) is 33.3 Å². The Kier molecular flexibility index (Phi) is 5.05. The van der Waals surface area contributed by atoms with E-state index in [9.17, 15) is 19.1 Å². The number of aryl methyl sites for hydroxylation is 1. The first-order chi connectivity index (χ1) is 16.3. The summed E-state index contributed by atoms with van der Waals surface area (Å²) in [5.74, 6) is -1.27. The van der Waals surface area contributed by atoms with Crippen LogP contribution in [0.3, 0.4) is 0 Å². The number of aliphatic hydroxyl groups is 1. The minimum atomic E-state index is -2.12. The molecule has 3 aromatic rings. The average Bonchev–Trinajstić information content (AvgIpc) is 3.16. The Morgan fingerprint density at radius 1 is 1.34 bits per heavy atom. The van der Waals surface area contributed by atoms with Crippen molar-refractivity contribution in [3.63, 3.8) is 0 Å². The number of nitrogens with two attached hydrogens (primary N) is 1. The van der Waals surface area contributed by atoms with Crippen molar-refractivity contribution in [2.45, 2.75) is 38.0 Å². The predicted octanol–water partition coefficient (Wildman–Crippen LogP) is 3.22. The van der Waals surface area contributed by atoms with Crippen LogP contribution in [0.25, 0.3) is 10.9 Å². The number of likely N-dealkylation sites (tertiary alicyclic amines) is 1. The number of amides is 2. The normalized spacial score (nSPS) is 20.1. The van der Waals surface area contributed by atoms with Crippen molar-refractivity contribution in [2.75, 3.05) is 18.8 Å². The first-order valence-corrected chi connectivity index (χ1v) is 11.5. The molecule has 1 fully saturated rings. The molecule has 3 heterocycles. The number of aromatic nitrogens is 2. The summed E-state index contributed by atoms with van der Waals surface area (Å²) in [5.41, 5.74) is 5.11. The number of rotatable bonds is 2. The van der Waals surface area contributed by atoms with Gasteiger partial charge in [-0.1, -0.05) is 11.6 Å². The fraction of sp³-hybridized carbons (Fsp3) is 0.375. The van der Waals surface area contributed by atoms with E-state index in [1.54, 1.807) is 22.7 Å². The van der Waals surface area contributed by atoms with Crippen molar-refractivity contribution in [1.29, 1.82) is 0 Å². The fourth-order valence-electron chi connectivity index (χ4n) is 4.86. The van der Waals surface area contributed by atoms with Gasteiger partial charge in [0.15, 0.2) is 5.72 Å². The second-order valence-corrected chi connectivity index (χ2v) is 10.4. The van der Waals surface area contributed by atoms with Gasteiger partial charge in [0.1, 0.15) is 16.9 Å². The van der Waals surface area contributed by atoms with E-state index < -0.39 is 29.1 Å². The maximum absolute atomic E-state index is 14.0. The highest BCUT2D eigenvalue weighted by molar-refractivity contribution is 6.31. The van der Waals surface area contributed by atoms with E-state index in [4.69, 9.17) is 22.1 Å². The van der Waals surface area contributed by atoms with Gasteiger partial charge < -0.3 is 25.8 Å². The van der Waals surface area contributed by atoms with Crippen molar-refractivity contribution < 1.29 is 23.8 Å². The third kappa shape index (κ3) is 3.59. The summed E-state index contributed by atoms with van der Waals surface area (Å²) in [6.07, 6.45) is -0.392. The third-order valence-electron chi connectivity index (χ3n) is 6.33. The Hall–Kier alpha value is -3.37. The Morgan fingerprint density at radius 2 is 2.03 bits per heavy atom. The van der Waals surface area contributed by atoms with E-state index >= 15 is 0 Å². The lowest BCUT2D eigenvalue weighted by Crippen LogP contribution is -2.50. The summed E-state index contributed by atoms with van der Waals surface area (Å²) in [4.78, 5) is 27.0. The molecule has 184 valence electrons. The number of halogens is 2. The van der Waals surface area contributed by atoms with Crippen LogP contribution in [0.1, 0.15) is 53.9 Å². The average molecular weight is 502 g/mol. The van der Waals surface area contributed by atoms with Gasteiger partial charge in [-0.15, -0.1) is 0 Å². The summed E-state index contributed by atoms with van der Waals surface area (Å²) in [6.45, 7) is 6.28. The summed E-state index contributed by atoms with van der Waals surface area (Å²) < 4.78 is 21.1. The number of nitrogens with one attached hydrogen (secondary N) is 1. The van der Waals surface area contributed by atoms with Crippen LogP contribution in [-0.2, 0) is 17.5 Å². The monoisotopic (exact) mass is 501 g/mol. The zero-order valence-corrected chi connectivity index (χ0v) is 20.4. The predicted molar refractivity (Wildman–Crippen MR) is 128 cm³/mol. The quantitative estimate of drug-likeness (QED) is 0.463. The third-order valence-corrected chi connectivity index (χ3v) is 6.66. The molecule has 2 aromatic carbocycles.